The van der Waals surface area contributed by atoms with E-state index in [1.54, 1.807) is 4.43 Å². The van der Waals surface area contributed by atoms with Gasteiger partial charge < -0.3 is 0 Å². The quantitative estimate of drug-likeness (QED) is 0.486. The van der Waals surface area contributed by atoms with Gasteiger partial charge in [0.25, 0.3) is 0 Å². The SMILES string of the molecule is CC1(C[I-]I)CCCC1. The van der Waals surface area contributed by atoms with Crippen LogP contribution < -0.4 is 17.2 Å². The fraction of sp³-hybridized carbons (Fsp3) is 1.00. The fourth-order valence-corrected chi connectivity index (χ4v) is 7.61. The fourth-order valence-electron chi connectivity index (χ4n) is 1.48. The Bertz CT molecular complexity index is 84.9. The van der Waals surface area contributed by atoms with Gasteiger partial charge in [-0.05, 0) is 0 Å². The van der Waals surface area contributed by atoms with Crippen LogP contribution >= 0.6 is 18.6 Å². The van der Waals surface area contributed by atoms with Gasteiger partial charge in [-0.25, -0.2) is 0 Å². The summed E-state index contributed by atoms with van der Waals surface area (Å²) in [6.45, 7) is 2.47. The van der Waals surface area contributed by atoms with Crippen molar-refractivity contribution >= 4 is 18.6 Å². The van der Waals surface area contributed by atoms with Gasteiger partial charge >= 0.3 is 78.3 Å². The van der Waals surface area contributed by atoms with Crippen LogP contribution in [0.4, 0.5) is 0 Å². The van der Waals surface area contributed by atoms with Crippen LogP contribution in [0.5, 0.6) is 0 Å². The number of hydrogen-bond acceptors (Lipinski definition) is 0. The van der Waals surface area contributed by atoms with Crippen LogP contribution in [0.2, 0.25) is 0 Å². The van der Waals surface area contributed by atoms with E-state index in [1.807, 2.05) is 0 Å². The van der Waals surface area contributed by atoms with Crippen molar-refractivity contribution < 1.29 is 17.2 Å². The Labute approximate surface area is 77.6 Å². The van der Waals surface area contributed by atoms with Crippen LogP contribution in [0.1, 0.15) is 32.6 Å². The molecule has 1 aliphatic carbocycles. The van der Waals surface area contributed by atoms with Crippen LogP contribution in [0.25, 0.3) is 0 Å². The Balaban J connectivity index is 2.32. The summed E-state index contributed by atoms with van der Waals surface area (Å²) in [5.41, 5.74) is 0.786. The number of rotatable bonds is 2. The standard InChI is InChI=1S/C7H13I2/c1-7(6-9-8)4-2-3-5-7/h2-6H2,1H3/q-1. The van der Waals surface area contributed by atoms with Crippen molar-refractivity contribution in [2.24, 2.45) is 5.41 Å². The van der Waals surface area contributed by atoms with Gasteiger partial charge in [0.15, 0.2) is 0 Å². The molecule has 0 aromatic carbocycles. The van der Waals surface area contributed by atoms with Gasteiger partial charge in [0, 0.05) is 0 Å². The Morgan fingerprint density at radius 3 is 2.44 bits per heavy atom. The van der Waals surface area contributed by atoms with Crippen LogP contribution in [0.15, 0.2) is 0 Å². The van der Waals surface area contributed by atoms with Crippen molar-refractivity contribution in [3.63, 3.8) is 0 Å². The summed E-state index contributed by atoms with van der Waals surface area (Å²) in [4.78, 5) is 0. The van der Waals surface area contributed by atoms with E-state index in [0.29, 0.717) is 17.2 Å². The molecule has 2 heteroatoms. The molecule has 0 heterocycles. The molecule has 0 spiro atoms. The van der Waals surface area contributed by atoms with Gasteiger partial charge in [0.1, 0.15) is 0 Å². The minimum atomic E-state index is 0.515. The third-order valence-electron chi connectivity index (χ3n) is 2.18. The minimum absolute atomic E-state index is 0.515. The maximum absolute atomic E-state index is 2.60. The molecule has 0 aromatic heterocycles. The number of alkyl halides is 1. The molecule has 1 aliphatic rings. The average Bonchev–Trinajstić information content (AvgIpc) is 2.16. The first-order valence-corrected chi connectivity index (χ1v) is 11.3. The van der Waals surface area contributed by atoms with Gasteiger partial charge in [-0.15, -0.1) is 0 Å². The van der Waals surface area contributed by atoms with E-state index >= 15 is 0 Å². The zero-order chi connectivity index (χ0) is 6.74. The molecule has 1 fully saturated rings. The first kappa shape index (κ1) is 8.56. The topological polar surface area (TPSA) is 0 Å². The Hall–Kier alpha value is 1.46. The van der Waals surface area contributed by atoms with E-state index in [-0.39, 0.29) is 0 Å². The maximum atomic E-state index is 2.60. The van der Waals surface area contributed by atoms with E-state index in [2.05, 4.69) is 25.5 Å². The summed E-state index contributed by atoms with van der Waals surface area (Å²) in [5.74, 6) is 0. The Morgan fingerprint density at radius 1 is 1.44 bits per heavy atom. The van der Waals surface area contributed by atoms with Crippen LogP contribution in [-0.4, -0.2) is 4.43 Å². The number of hydrogen-bond donors (Lipinski definition) is 0. The second-order valence-corrected chi connectivity index (χ2v) is 8.46. The van der Waals surface area contributed by atoms with Crippen molar-refractivity contribution in [3.8, 4) is 0 Å². The third kappa shape index (κ3) is 2.52. The van der Waals surface area contributed by atoms with Crippen molar-refractivity contribution in [3.05, 3.63) is 0 Å². The van der Waals surface area contributed by atoms with Crippen LogP contribution in [0, 0.1) is 5.41 Å². The van der Waals surface area contributed by atoms with Gasteiger partial charge in [-0.2, -0.15) is 0 Å². The molecular weight excluding hydrogens is 338 g/mol. The zero-order valence-corrected chi connectivity index (χ0v) is 10.1. The number of halogens is 2. The summed E-state index contributed by atoms with van der Waals surface area (Å²) < 4.78 is 1.55. The predicted molar refractivity (Wildman–Crippen MR) is 45.5 cm³/mol. The van der Waals surface area contributed by atoms with Crippen molar-refractivity contribution in [1.29, 1.82) is 0 Å². The van der Waals surface area contributed by atoms with Crippen LogP contribution in [0.3, 0.4) is 0 Å². The van der Waals surface area contributed by atoms with Crippen molar-refractivity contribution in [2.45, 2.75) is 32.6 Å². The van der Waals surface area contributed by atoms with E-state index in [1.165, 1.54) is 25.7 Å². The molecular formula is C7H13I2-. The average molecular weight is 351 g/mol. The van der Waals surface area contributed by atoms with Gasteiger partial charge in [-0.1, -0.05) is 0 Å². The summed E-state index contributed by atoms with van der Waals surface area (Å²) in [6.07, 6.45) is 6.01. The second-order valence-electron chi connectivity index (χ2n) is 3.25. The predicted octanol–water partition coefficient (Wildman–Crippen LogP) is 0.00570. The van der Waals surface area contributed by atoms with E-state index < -0.39 is 0 Å². The molecule has 0 atom stereocenters. The molecule has 0 radical (unpaired) electrons. The van der Waals surface area contributed by atoms with Crippen molar-refractivity contribution in [2.75, 3.05) is 4.43 Å². The molecule has 0 aliphatic heterocycles. The normalized spacial score (nSPS) is 25.1. The van der Waals surface area contributed by atoms with Gasteiger partial charge in [-0.3, -0.25) is 0 Å². The Morgan fingerprint density at radius 2 is 2.00 bits per heavy atom. The molecule has 56 valence electrons. The van der Waals surface area contributed by atoms with E-state index in [0.717, 1.165) is 5.41 Å². The summed E-state index contributed by atoms with van der Waals surface area (Å²) in [6, 6.07) is 0. The van der Waals surface area contributed by atoms with Crippen LogP contribution in [-0.2, 0) is 0 Å². The molecule has 0 bridgehead atoms. The van der Waals surface area contributed by atoms with Crippen molar-refractivity contribution in [1.82, 2.24) is 0 Å². The van der Waals surface area contributed by atoms with Gasteiger partial charge in [0.05, 0.1) is 0 Å². The first-order valence-electron chi connectivity index (χ1n) is 3.47. The van der Waals surface area contributed by atoms with E-state index in [9.17, 15) is 0 Å². The summed E-state index contributed by atoms with van der Waals surface area (Å²) >= 11 is 3.11. The molecule has 0 aromatic rings. The molecule has 0 unspecified atom stereocenters. The molecule has 0 N–H and O–H groups in total. The molecule has 9 heavy (non-hydrogen) atoms. The molecule has 0 nitrogen and oxygen atoms in total. The zero-order valence-electron chi connectivity index (χ0n) is 5.79. The molecule has 0 saturated heterocycles. The summed E-state index contributed by atoms with van der Waals surface area (Å²) in [5, 5.41) is 0. The summed E-state index contributed by atoms with van der Waals surface area (Å²) in [7, 11) is 0. The monoisotopic (exact) mass is 351 g/mol. The molecule has 0 amide bonds. The first-order chi connectivity index (χ1) is 4.27. The van der Waals surface area contributed by atoms with Gasteiger partial charge in [0.2, 0.25) is 0 Å². The second kappa shape index (κ2) is 3.74. The third-order valence-corrected chi connectivity index (χ3v) is 6.25. The molecule has 1 saturated carbocycles. The Kier molecular flexibility index (Phi) is 3.55. The molecule has 1 rings (SSSR count). The van der Waals surface area contributed by atoms with E-state index in [4.69, 9.17) is 0 Å².